The molecule has 3 heteroatoms. The maximum Gasteiger partial charge on any atom is 0.124 e. The fraction of sp³-hybridized carbons (Fsp3) is 0.364. The number of aldehydes is 1. The molecule has 74 valence electrons. The van der Waals surface area contributed by atoms with Crippen molar-refractivity contribution < 1.29 is 4.79 Å². The molecule has 0 amide bonds. The van der Waals surface area contributed by atoms with Crippen molar-refractivity contribution in [2.75, 3.05) is 18.5 Å². The van der Waals surface area contributed by atoms with Crippen molar-refractivity contribution in [2.24, 2.45) is 0 Å². The second-order valence-corrected chi connectivity index (χ2v) is 4.48. The van der Waals surface area contributed by atoms with Gasteiger partial charge in [-0.25, -0.2) is 0 Å². The first kappa shape index (κ1) is 9.71. The van der Waals surface area contributed by atoms with Gasteiger partial charge in [0.15, 0.2) is 0 Å². The molecule has 2 rings (SSSR count). The van der Waals surface area contributed by atoms with Gasteiger partial charge in [0.05, 0.1) is 5.69 Å². The lowest BCUT2D eigenvalue weighted by molar-refractivity contribution is -0.107. The molecule has 0 radical (unpaired) electrons. The van der Waals surface area contributed by atoms with Crippen LogP contribution in [-0.2, 0) is 17.6 Å². The van der Waals surface area contributed by atoms with Crippen LogP contribution < -0.4 is 4.90 Å². The third kappa shape index (κ3) is 1.57. The number of hydrogen-bond donors (Lipinski definition) is 0. The van der Waals surface area contributed by atoms with E-state index in [-0.39, 0.29) is 0 Å². The minimum absolute atomic E-state index is 0.510. The van der Waals surface area contributed by atoms with Gasteiger partial charge in [-0.1, -0.05) is 6.07 Å². The molecule has 1 heterocycles. The van der Waals surface area contributed by atoms with Crippen molar-refractivity contribution in [3.8, 4) is 0 Å². The summed E-state index contributed by atoms with van der Waals surface area (Å²) in [5.74, 6) is 0. The number of benzene rings is 1. The van der Waals surface area contributed by atoms with Gasteiger partial charge in [0.2, 0.25) is 0 Å². The van der Waals surface area contributed by atoms with Crippen LogP contribution in [-0.4, -0.2) is 19.9 Å². The van der Waals surface area contributed by atoms with Crippen molar-refractivity contribution in [2.45, 2.75) is 12.8 Å². The third-order valence-corrected chi connectivity index (χ3v) is 3.22. The second kappa shape index (κ2) is 3.73. The molecule has 0 unspecified atom stereocenters. The summed E-state index contributed by atoms with van der Waals surface area (Å²) in [4.78, 5) is 12.7. The van der Waals surface area contributed by atoms with Crippen LogP contribution in [0.1, 0.15) is 11.1 Å². The molecule has 0 aromatic heterocycles. The summed E-state index contributed by atoms with van der Waals surface area (Å²) < 4.78 is 1.10. The van der Waals surface area contributed by atoms with E-state index in [9.17, 15) is 4.79 Å². The molecular formula is C11H12BrNO. The number of likely N-dealkylation sites (N-methyl/N-ethyl adjacent to an activating group) is 1. The lowest BCUT2D eigenvalue weighted by Crippen LogP contribution is -2.12. The number of rotatable bonds is 2. The number of carbonyl (C=O) groups excluding carboxylic acids is 1. The average Bonchev–Trinajstić information content (AvgIpc) is 2.48. The van der Waals surface area contributed by atoms with Gasteiger partial charge >= 0.3 is 0 Å². The fourth-order valence-corrected chi connectivity index (χ4v) is 2.80. The van der Waals surface area contributed by atoms with E-state index in [1.165, 1.54) is 11.3 Å². The number of halogens is 1. The normalized spacial score (nSPS) is 14.3. The highest BCUT2D eigenvalue weighted by atomic mass is 79.9. The van der Waals surface area contributed by atoms with E-state index in [4.69, 9.17) is 0 Å². The smallest absolute Gasteiger partial charge is 0.124 e. The van der Waals surface area contributed by atoms with Gasteiger partial charge in [0.1, 0.15) is 6.29 Å². The van der Waals surface area contributed by atoms with Gasteiger partial charge in [-0.05, 0) is 39.5 Å². The van der Waals surface area contributed by atoms with E-state index in [2.05, 4.69) is 33.9 Å². The highest BCUT2D eigenvalue weighted by Crippen LogP contribution is 2.35. The Morgan fingerprint density at radius 1 is 1.57 bits per heavy atom. The highest BCUT2D eigenvalue weighted by Gasteiger charge is 2.19. The van der Waals surface area contributed by atoms with Crippen molar-refractivity contribution >= 4 is 27.9 Å². The summed E-state index contributed by atoms with van der Waals surface area (Å²) in [6.07, 6.45) is 2.54. The van der Waals surface area contributed by atoms with Crippen molar-refractivity contribution in [3.63, 3.8) is 0 Å². The lowest BCUT2D eigenvalue weighted by Gasteiger charge is -2.14. The van der Waals surface area contributed by atoms with Crippen LogP contribution in [0.3, 0.4) is 0 Å². The first-order chi connectivity index (χ1) is 6.72. The first-order valence-electron chi connectivity index (χ1n) is 4.68. The molecule has 1 aromatic rings. The monoisotopic (exact) mass is 253 g/mol. The molecule has 0 bridgehead atoms. The number of hydrogen-bond acceptors (Lipinski definition) is 2. The molecule has 0 atom stereocenters. The summed E-state index contributed by atoms with van der Waals surface area (Å²) >= 11 is 3.55. The van der Waals surface area contributed by atoms with Crippen molar-refractivity contribution in [1.29, 1.82) is 0 Å². The fourth-order valence-electron chi connectivity index (χ4n) is 1.95. The van der Waals surface area contributed by atoms with Gasteiger partial charge in [0, 0.05) is 24.5 Å². The number of carbonyl (C=O) groups is 1. The third-order valence-electron chi connectivity index (χ3n) is 2.62. The van der Waals surface area contributed by atoms with Gasteiger partial charge in [-0.15, -0.1) is 0 Å². The summed E-state index contributed by atoms with van der Waals surface area (Å²) in [7, 11) is 2.09. The minimum Gasteiger partial charge on any atom is -0.373 e. The van der Waals surface area contributed by atoms with Gasteiger partial charge in [0.25, 0.3) is 0 Å². The zero-order valence-electron chi connectivity index (χ0n) is 8.09. The Hall–Kier alpha value is -0.830. The first-order valence-corrected chi connectivity index (χ1v) is 5.47. The van der Waals surface area contributed by atoms with Crippen LogP contribution in [0, 0.1) is 0 Å². The molecule has 2 nitrogen and oxygen atoms in total. The van der Waals surface area contributed by atoms with E-state index >= 15 is 0 Å². The van der Waals surface area contributed by atoms with E-state index in [0.717, 1.165) is 29.3 Å². The van der Waals surface area contributed by atoms with Crippen molar-refractivity contribution in [1.82, 2.24) is 0 Å². The summed E-state index contributed by atoms with van der Waals surface area (Å²) in [6, 6.07) is 4.17. The van der Waals surface area contributed by atoms with Crippen LogP contribution in [0.4, 0.5) is 5.69 Å². The summed E-state index contributed by atoms with van der Waals surface area (Å²) in [5, 5.41) is 0. The SMILES string of the molecule is CN1CCc2cc(CC=O)cc(Br)c21. The second-order valence-electron chi connectivity index (χ2n) is 3.63. The van der Waals surface area contributed by atoms with Crippen LogP contribution in [0.2, 0.25) is 0 Å². The predicted octanol–water partition coefficient (Wildman–Crippen LogP) is 2.18. The Morgan fingerprint density at radius 3 is 3.07 bits per heavy atom. The number of nitrogens with zero attached hydrogens (tertiary/aromatic N) is 1. The molecule has 1 aliphatic rings. The Morgan fingerprint density at radius 2 is 2.36 bits per heavy atom. The number of anilines is 1. The van der Waals surface area contributed by atoms with E-state index in [1.807, 2.05) is 6.07 Å². The maximum absolute atomic E-state index is 10.4. The lowest BCUT2D eigenvalue weighted by atomic mass is 10.1. The van der Waals surface area contributed by atoms with Gasteiger partial charge in [-0.2, -0.15) is 0 Å². The highest BCUT2D eigenvalue weighted by molar-refractivity contribution is 9.10. The van der Waals surface area contributed by atoms with Crippen LogP contribution in [0.5, 0.6) is 0 Å². The van der Waals surface area contributed by atoms with Gasteiger partial charge < -0.3 is 9.69 Å². The average molecular weight is 254 g/mol. The molecule has 0 saturated carbocycles. The zero-order chi connectivity index (χ0) is 10.1. The van der Waals surface area contributed by atoms with Crippen LogP contribution in [0.25, 0.3) is 0 Å². The summed E-state index contributed by atoms with van der Waals surface area (Å²) in [6.45, 7) is 1.07. The minimum atomic E-state index is 0.510. The molecule has 1 aromatic carbocycles. The van der Waals surface area contributed by atoms with E-state index in [0.29, 0.717) is 6.42 Å². The predicted molar refractivity (Wildman–Crippen MR) is 60.9 cm³/mol. The number of fused-ring (bicyclic) bond motifs is 1. The Kier molecular flexibility index (Phi) is 2.59. The van der Waals surface area contributed by atoms with Crippen molar-refractivity contribution in [3.05, 3.63) is 27.7 Å². The Labute approximate surface area is 92.0 Å². The van der Waals surface area contributed by atoms with Crippen LogP contribution in [0.15, 0.2) is 16.6 Å². The summed E-state index contributed by atoms with van der Waals surface area (Å²) in [5.41, 5.74) is 3.72. The molecule has 0 fully saturated rings. The van der Waals surface area contributed by atoms with Gasteiger partial charge in [-0.3, -0.25) is 0 Å². The molecule has 0 N–H and O–H groups in total. The largest absolute Gasteiger partial charge is 0.373 e. The standard InChI is InChI=1S/C11H12BrNO/c1-13-4-2-9-6-8(3-5-14)7-10(12)11(9)13/h5-7H,2-4H2,1H3. The topological polar surface area (TPSA) is 20.3 Å². The maximum atomic E-state index is 10.4. The van der Waals surface area contributed by atoms with Crippen LogP contribution >= 0.6 is 15.9 Å². The zero-order valence-corrected chi connectivity index (χ0v) is 9.67. The van der Waals surface area contributed by atoms with E-state index in [1.54, 1.807) is 0 Å². The molecular weight excluding hydrogens is 242 g/mol. The Bertz CT molecular complexity index is 376. The molecule has 1 aliphatic heterocycles. The molecule has 0 spiro atoms. The molecule has 0 aliphatic carbocycles. The quantitative estimate of drug-likeness (QED) is 0.754. The Balaban J connectivity index is 2.45. The van der Waals surface area contributed by atoms with E-state index < -0.39 is 0 Å². The molecule has 14 heavy (non-hydrogen) atoms. The molecule has 0 saturated heterocycles.